The molecule has 1 rings (SSSR count). The second kappa shape index (κ2) is 5.19. The highest BCUT2D eigenvalue weighted by Gasteiger charge is 2.36. The van der Waals surface area contributed by atoms with Crippen molar-refractivity contribution in [3.63, 3.8) is 0 Å². The van der Waals surface area contributed by atoms with Crippen LogP contribution in [0.25, 0.3) is 0 Å². The Morgan fingerprint density at radius 3 is 2.65 bits per heavy atom. The summed E-state index contributed by atoms with van der Waals surface area (Å²) in [7, 11) is 1.54. The molecule has 4 heteroatoms. The number of hydrogen-bond donors (Lipinski definition) is 2. The van der Waals surface area contributed by atoms with E-state index >= 15 is 0 Å². The lowest BCUT2D eigenvalue weighted by Gasteiger charge is -2.27. The van der Waals surface area contributed by atoms with E-state index in [2.05, 4.69) is 0 Å². The summed E-state index contributed by atoms with van der Waals surface area (Å²) in [4.78, 5) is 11.5. The molecule has 0 radical (unpaired) electrons. The maximum atomic E-state index is 11.5. The monoisotopic (exact) mass is 237 g/mol. The van der Waals surface area contributed by atoms with Gasteiger partial charge in [-0.2, -0.15) is 0 Å². The zero-order valence-corrected chi connectivity index (χ0v) is 10.5. The molecule has 0 bridgehead atoms. The summed E-state index contributed by atoms with van der Waals surface area (Å²) >= 11 is 0. The Labute approximate surface area is 101 Å². The van der Waals surface area contributed by atoms with Crippen LogP contribution in [0.4, 0.5) is 0 Å². The Hall–Kier alpha value is -1.55. The van der Waals surface area contributed by atoms with Gasteiger partial charge in [0.25, 0.3) is 0 Å². The van der Waals surface area contributed by atoms with Gasteiger partial charge in [-0.25, -0.2) is 0 Å². The summed E-state index contributed by atoms with van der Waals surface area (Å²) in [6, 6.07) is 5.54. The fourth-order valence-corrected chi connectivity index (χ4v) is 1.90. The van der Waals surface area contributed by atoms with Crippen molar-refractivity contribution in [2.75, 3.05) is 13.7 Å². The lowest BCUT2D eigenvalue weighted by Crippen LogP contribution is -2.35. The lowest BCUT2D eigenvalue weighted by molar-refractivity contribution is -0.143. The summed E-state index contributed by atoms with van der Waals surface area (Å²) in [5.41, 5.74) is 6.19. The third-order valence-corrected chi connectivity index (χ3v) is 3.07. The van der Waals surface area contributed by atoms with E-state index in [-0.39, 0.29) is 0 Å². The van der Waals surface area contributed by atoms with Gasteiger partial charge >= 0.3 is 5.97 Å². The molecule has 0 aromatic heterocycles. The fourth-order valence-electron chi connectivity index (χ4n) is 1.90. The second-order valence-corrected chi connectivity index (χ2v) is 4.38. The first-order valence-corrected chi connectivity index (χ1v) is 5.54. The molecule has 17 heavy (non-hydrogen) atoms. The Morgan fingerprint density at radius 1 is 1.53 bits per heavy atom. The Morgan fingerprint density at radius 2 is 2.18 bits per heavy atom. The Balaban J connectivity index is 3.36. The van der Waals surface area contributed by atoms with Crippen LogP contribution in [0.5, 0.6) is 5.75 Å². The predicted octanol–water partition coefficient (Wildman–Crippen LogP) is 1.69. The molecule has 0 saturated heterocycles. The molecule has 0 saturated carbocycles. The zero-order valence-electron chi connectivity index (χ0n) is 10.5. The average Bonchev–Trinajstić information content (AvgIpc) is 2.29. The third-order valence-electron chi connectivity index (χ3n) is 3.07. The van der Waals surface area contributed by atoms with E-state index in [0.29, 0.717) is 24.3 Å². The maximum Gasteiger partial charge on any atom is 0.314 e. The molecule has 1 unspecified atom stereocenters. The quantitative estimate of drug-likeness (QED) is 0.817. The molecule has 0 heterocycles. The standard InChI is InChI=1S/C13H19NO3/c1-9-4-5-11(17-3)10(8-9)13(2,6-7-14)12(15)16/h4-5,8H,6-7,14H2,1-3H3,(H,15,16). The highest BCUT2D eigenvalue weighted by molar-refractivity contribution is 5.82. The maximum absolute atomic E-state index is 11.5. The van der Waals surface area contributed by atoms with Gasteiger partial charge in [0.1, 0.15) is 5.75 Å². The van der Waals surface area contributed by atoms with Crippen LogP contribution in [0.15, 0.2) is 18.2 Å². The number of methoxy groups -OCH3 is 1. The summed E-state index contributed by atoms with van der Waals surface area (Å²) in [6.45, 7) is 3.92. The summed E-state index contributed by atoms with van der Waals surface area (Å²) in [5, 5.41) is 9.42. The molecule has 0 aliphatic rings. The van der Waals surface area contributed by atoms with Crippen LogP contribution in [-0.4, -0.2) is 24.7 Å². The number of rotatable bonds is 5. The van der Waals surface area contributed by atoms with Gasteiger partial charge < -0.3 is 15.6 Å². The minimum Gasteiger partial charge on any atom is -0.496 e. The van der Waals surface area contributed by atoms with Gasteiger partial charge in [-0.1, -0.05) is 17.7 Å². The molecule has 1 atom stereocenters. The molecule has 1 aromatic rings. The van der Waals surface area contributed by atoms with Crippen LogP contribution < -0.4 is 10.5 Å². The van der Waals surface area contributed by atoms with Crippen molar-refractivity contribution >= 4 is 5.97 Å². The minimum absolute atomic E-state index is 0.319. The number of hydrogen-bond acceptors (Lipinski definition) is 3. The normalized spacial score (nSPS) is 14.1. The molecule has 94 valence electrons. The highest BCUT2D eigenvalue weighted by Crippen LogP contribution is 2.35. The molecule has 3 N–H and O–H groups in total. The zero-order chi connectivity index (χ0) is 13.1. The lowest BCUT2D eigenvalue weighted by atomic mass is 9.78. The first kappa shape index (κ1) is 13.5. The molecule has 0 aliphatic carbocycles. The minimum atomic E-state index is -1.01. The fraction of sp³-hybridized carbons (Fsp3) is 0.462. The van der Waals surface area contributed by atoms with E-state index in [4.69, 9.17) is 10.5 Å². The van der Waals surface area contributed by atoms with Gasteiger partial charge in [0.05, 0.1) is 12.5 Å². The number of ether oxygens (including phenoxy) is 1. The van der Waals surface area contributed by atoms with Gasteiger partial charge in [-0.3, -0.25) is 4.79 Å². The van der Waals surface area contributed by atoms with Gasteiger partial charge in [-0.05, 0) is 32.9 Å². The molecule has 0 fully saturated rings. The van der Waals surface area contributed by atoms with E-state index in [1.165, 1.54) is 0 Å². The summed E-state index contributed by atoms with van der Waals surface area (Å²) in [6.07, 6.45) is 0.377. The Bertz CT molecular complexity index is 417. The number of benzene rings is 1. The highest BCUT2D eigenvalue weighted by atomic mass is 16.5. The van der Waals surface area contributed by atoms with Crippen molar-refractivity contribution < 1.29 is 14.6 Å². The number of carboxylic acid groups (broad SMARTS) is 1. The SMILES string of the molecule is COc1ccc(C)cc1C(C)(CCN)C(=O)O. The first-order chi connectivity index (χ1) is 7.95. The number of aliphatic carboxylic acids is 1. The number of carbonyl (C=O) groups is 1. The van der Waals surface area contributed by atoms with Crippen LogP contribution >= 0.6 is 0 Å². The van der Waals surface area contributed by atoms with Crippen LogP contribution in [0.3, 0.4) is 0 Å². The van der Waals surface area contributed by atoms with Crippen LogP contribution in [0.1, 0.15) is 24.5 Å². The van der Waals surface area contributed by atoms with Crippen molar-refractivity contribution in [1.29, 1.82) is 0 Å². The Kier molecular flexibility index (Phi) is 4.12. The van der Waals surface area contributed by atoms with E-state index in [9.17, 15) is 9.90 Å². The third kappa shape index (κ3) is 2.58. The van der Waals surface area contributed by atoms with Crippen molar-refractivity contribution in [2.45, 2.75) is 25.7 Å². The largest absolute Gasteiger partial charge is 0.496 e. The van der Waals surface area contributed by atoms with Crippen molar-refractivity contribution in [3.05, 3.63) is 29.3 Å². The molecular formula is C13H19NO3. The smallest absolute Gasteiger partial charge is 0.314 e. The van der Waals surface area contributed by atoms with Crippen molar-refractivity contribution in [2.24, 2.45) is 5.73 Å². The summed E-state index contributed by atoms with van der Waals surface area (Å²) in [5.74, 6) is -0.291. The van der Waals surface area contributed by atoms with Crippen molar-refractivity contribution in [3.8, 4) is 5.75 Å². The van der Waals surface area contributed by atoms with Crippen LogP contribution in [-0.2, 0) is 10.2 Å². The molecule has 0 aliphatic heterocycles. The first-order valence-electron chi connectivity index (χ1n) is 5.54. The van der Waals surface area contributed by atoms with Gasteiger partial charge in [0.2, 0.25) is 0 Å². The average molecular weight is 237 g/mol. The molecule has 0 spiro atoms. The summed E-state index contributed by atoms with van der Waals surface area (Å²) < 4.78 is 5.24. The van der Waals surface area contributed by atoms with E-state index in [1.54, 1.807) is 20.1 Å². The van der Waals surface area contributed by atoms with Gasteiger partial charge in [0.15, 0.2) is 0 Å². The second-order valence-electron chi connectivity index (χ2n) is 4.38. The molecule has 1 aromatic carbocycles. The van der Waals surface area contributed by atoms with Crippen LogP contribution in [0, 0.1) is 6.92 Å². The van der Waals surface area contributed by atoms with E-state index in [0.717, 1.165) is 5.56 Å². The number of nitrogens with two attached hydrogens (primary N) is 1. The van der Waals surface area contributed by atoms with Gasteiger partial charge in [-0.15, -0.1) is 0 Å². The van der Waals surface area contributed by atoms with Crippen LogP contribution in [0.2, 0.25) is 0 Å². The number of carboxylic acids is 1. The molecule has 0 amide bonds. The van der Waals surface area contributed by atoms with E-state index < -0.39 is 11.4 Å². The molecule has 4 nitrogen and oxygen atoms in total. The topological polar surface area (TPSA) is 72.5 Å². The van der Waals surface area contributed by atoms with E-state index in [1.807, 2.05) is 19.1 Å². The number of aryl methyl sites for hydroxylation is 1. The van der Waals surface area contributed by atoms with Crippen molar-refractivity contribution in [1.82, 2.24) is 0 Å². The predicted molar refractivity (Wildman–Crippen MR) is 66.4 cm³/mol. The van der Waals surface area contributed by atoms with Gasteiger partial charge in [0, 0.05) is 5.56 Å². The molecular weight excluding hydrogens is 218 g/mol.